The summed E-state index contributed by atoms with van der Waals surface area (Å²) in [6.45, 7) is 0. The van der Waals surface area contributed by atoms with Crippen LogP contribution in [0.15, 0.2) is 0 Å². The molecule has 0 atom stereocenters. The van der Waals surface area contributed by atoms with E-state index in [4.69, 9.17) is 5.26 Å². The van der Waals surface area contributed by atoms with Crippen LogP contribution in [0.3, 0.4) is 0 Å². The summed E-state index contributed by atoms with van der Waals surface area (Å²) in [6, 6.07) is 2.06. The SMILES string of the molecule is CNS(=O)(=O)CCCCCCC#N. The van der Waals surface area contributed by atoms with Gasteiger partial charge in [0, 0.05) is 6.42 Å². The number of nitrogens with one attached hydrogen (secondary N) is 1. The summed E-state index contributed by atoms with van der Waals surface area (Å²) in [6.07, 6.45) is 3.93. The van der Waals surface area contributed by atoms with Gasteiger partial charge in [0.15, 0.2) is 0 Å². The maximum atomic E-state index is 10.9. The van der Waals surface area contributed by atoms with Crippen molar-refractivity contribution < 1.29 is 8.42 Å². The smallest absolute Gasteiger partial charge is 0.211 e. The fourth-order valence-electron chi connectivity index (χ4n) is 0.952. The Morgan fingerprint density at radius 2 is 1.85 bits per heavy atom. The Morgan fingerprint density at radius 1 is 1.23 bits per heavy atom. The quantitative estimate of drug-likeness (QED) is 0.629. The van der Waals surface area contributed by atoms with Crippen LogP contribution in [0.1, 0.15) is 32.1 Å². The number of nitriles is 1. The molecular weight excluding hydrogens is 188 g/mol. The van der Waals surface area contributed by atoms with Crippen LogP contribution in [-0.4, -0.2) is 21.2 Å². The molecule has 0 bridgehead atoms. The van der Waals surface area contributed by atoms with Crippen LogP contribution in [0.4, 0.5) is 0 Å². The third kappa shape index (κ3) is 7.75. The van der Waals surface area contributed by atoms with E-state index < -0.39 is 10.0 Å². The molecule has 0 saturated carbocycles. The van der Waals surface area contributed by atoms with Gasteiger partial charge < -0.3 is 0 Å². The van der Waals surface area contributed by atoms with Crippen molar-refractivity contribution in [3.8, 4) is 6.07 Å². The van der Waals surface area contributed by atoms with Crippen molar-refractivity contribution in [3.63, 3.8) is 0 Å². The predicted molar refractivity (Wildman–Crippen MR) is 51.5 cm³/mol. The van der Waals surface area contributed by atoms with Gasteiger partial charge in [-0.1, -0.05) is 12.8 Å². The molecule has 0 aromatic heterocycles. The minimum atomic E-state index is -3.03. The van der Waals surface area contributed by atoms with Gasteiger partial charge in [-0.3, -0.25) is 0 Å². The first-order valence-electron chi connectivity index (χ1n) is 4.40. The van der Waals surface area contributed by atoms with E-state index in [9.17, 15) is 8.42 Å². The van der Waals surface area contributed by atoms with E-state index in [1.807, 2.05) is 0 Å². The van der Waals surface area contributed by atoms with Gasteiger partial charge >= 0.3 is 0 Å². The Kier molecular flexibility index (Phi) is 6.55. The van der Waals surface area contributed by atoms with Crippen molar-refractivity contribution >= 4 is 10.0 Å². The van der Waals surface area contributed by atoms with Crippen molar-refractivity contribution in [1.29, 1.82) is 5.26 Å². The average molecular weight is 204 g/mol. The minimum Gasteiger partial charge on any atom is -0.218 e. The van der Waals surface area contributed by atoms with Gasteiger partial charge in [-0.2, -0.15) is 5.26 Å². The number of rotatable bonds is 7. The molecule has 0 spiro atoms. The zero-order valence-electron chi connectivity index (χ0n) is 7.91. The predicted octanol–water partition coefficient (Wildman–Crippen LogP) is 1.01. The summed E-state index contributed by atoms with van der Waals surface area (Å²) in [5.74, 6) is 0.191. The summed E-state index contributed by atoms with van der Waals surface area (Å²) in [4.78, 5) is 0. The second-order valence-electron chi connectivity index (χ2n) is 2.85. The zero-order valence-corrected chi connectivity index (χ0v) is 8.73. The molecule has 0 aliphatic carbocycles. The molecule has 4 nitrogen and oxygen atoms in total. The topological polar surface area (TPSA) is 70.0 Å². The third-order valence-electron chi connectivity index (χ3n) is 1.76. The van der Waals surface area contributed by atoms with Crippen LogP contribution in [-0.2, 0) is 10.0 Å². The molecule has 0 saturated heterocycles. The van der Waals surface area contributed by atoms with Crippen molar-refractivity contribution in [3.05, 3.63) is 0 Å². The Balaban J connectivity index is 3.32. The molecule has 0 radical (unpaired) electrons. The molecule has 0 aliphatic heterocycles. The van der Waals surface area contributed by atoms with Crippen LogP contribution in [0, 0.1) is 11.3 Å². The van der Waals surface area contributed by atoms with Crippen LogP contribution in [0.5, 0.6) is 0 Å². The molecule has 13 heavy (non-hydrogen) atoms. The highest BCUT2D eigenvalue weighted by Gasteiger charge is 2.04. The first-order valence-corrected chi connectivity index (χ1v) is 6.06. The van der Waals surface area contributed by atoms with Crippen LogP contribution < -0.4 is 4.72 Å². The molecule has 0 aromatic carbocycles. The van der Waals surface area contributed by atoms with Gasteiger partial charge in [0.05, 0.1) is 11.8 Å². The van der Waals surface area contributed by atoms with E-state index >= 15 is 0 Å². The largest absolute Gasteiger partial charge is 0.218 e. The maximum Gasteiger partial charge on any atom is 0.211 e. The number of hydrogen-bond acceptors (Lipinski definition) is 3. The maximum absolute atomic E-state index is 10.9. The number of hydrogen-bond donors (Lipinski definition) is 1. The molecule has 1 N–H and O–H groups in total. The first-order chi connectivity index (χ1) is 6.12. The van der Waals surface area contributed by atoms with E-state index in [0.717, 1.165) is 19.3 Å². The molecule has 0 aliphatic rings. The Morgan fingerprint density at radius 3 is 2.38 bits per heavy atom. The first kappa shape index (κ1) is 12.4. The molecule has 5 heteroatoms. The fourth-order valence-corrected chi connectivity index (χ4v) is 1.74. The normalized spacial score (nSPS) is 11.1. The molecule has 0 heterocycles. The lowest BCUT2D eigenvalue weighted by molar-refractivity contribution is 0.580. The highest BCUT2D eigenvalue weighted by Crippen LogP contribution is 2.03. The number of sulfonamides is 1. The lowest BCUT2D eigenvalue weighted by Crippen LogP contribution is -2.21. The van der Waals surface area contributed by atoms with Gasteiger partial charge in [0.25, 0.3) is 0 Å². The molecule has 0 amide bonds. The van der Waals surface area contributed by atoms with E-state index in [1.165, 1.54) is 7.05 Å². The van der Waals surface area contributed by atoms with Crippen molar-refractivity contribution in [2.24, 2.45) is 0 Å². The average Bonchev–Trinajstić information content (AvgIpc) is 2.11. The Hall–Kier alpha value is -0.600. The zero-order chi connectivity index (χ0) is 10.2. The summed E-state index contributed by atoms with van der Waals surface area (Å²) in [5, 5.41) is 8.23. The molecule has 0 rings (SSSR count). The Bertz CT molecular complexity index is 254. The number of unbranched alkanes of at least 4 members (excludes halogenated alkanes) is 4. The number of nitrogens with zero attached hydrogens (tertiary/aromatic N) is 1. The van der Waals surface area contributed by atoms with Crippen LogP contribution >= 0.6 is 0 Å². The molecule has 0 unspecified atom stereocenters. The second-order valence-corrected chi connectivity index (χ2v) is 4.89. The van der Waals surface area contributed by atoms with E-state index in [2.05, 4.69) is 10.8 Å². The summed E-state index contributed by atoms with van der Waals surface area (Å²) >= 11 is 0. The van der Waals surface area contributed by atoms with Crippen molar-refractivity contribution in [1.82, 2.24) is 4.72 Å². The molecule has 0 aromatic rings. The van der Waals surface area contributed by atoms with Crippen LogP contribution in [0.2, 0.25) is 0 Å². The lowest BCUT2D eigenvalue weighted by atomic mass is 10.2. The monoisotopic (exact) mass is 204 g/mol. The second kappa shape index (κ2) is 6.87. The van der Waals surface area contributed by atoms with Crippen LogP contribution in [0.25, 0.3) is 0 Å². The summed E-state index contributed by atoms with van der Waals surface area (Å²) in [5.41, 5.74) is 0. The van der Waals surface area contributed by atoms with Crippen molar-refractivity contribution in [2.45, 2.75) is 32.1 Å². The van der Waals surface area contributed by atoms with E-state index in [1.54, 1.807) is 0 Å². The highest BCUT2D eigenvalue weighted by atomic mass is 32.2. The molecule has 76 valence electrons. The van der Waals surface area contributed by atoms with Gasteiger partial charge in [0.1, 0.15) is 0 Å². The Labute approximate surface area is 80.0 Å². The summed E-state index contributed by atoms with van der Waals surface area (Å²) in [7, 11) is -1.61. The standard InChI is InChI=1S/C8H16N2O2S/c1-10-13(11,12)8-6-4-2-3-5-7-9/h10H,2-6,8H2,1H3. The van der Waals surface area contributed by atoms with Gasteiger partial charge in [-0.05, 0) is 19.9 Å². The third-order valence-corrected chi connectivity index (χ3v) is 3.21. The van der Waals surface area contributed by atoms with E-state index in [-0.39, 0.29) is 5.75 Å². The fraction of sp³-hybridized carbons (Fsp3) is 0.875. The minimum absolute atomic E-state index is 0.191. The summed E-state index contributed by atoms with van der Waals surface area (Å²) < 4.78 is 24.1. The lowest BCUT2D eigenvalue weighted by Gasteiger charge is -2.00. The van der Waals surface area contributed by atoms with Gasteiger partial charge in [0.2, 0.25) is 10.0 Å². The van der Waals surface area contributed by atoms with Gasteiger partial charge in [-0.25, -0.2) is 13.1 Å². The molecular formula is C8H16N2O2S. The van der Waals surface area contributed by atoms with E-state index in [0.29, 0.717) is 12.8 Å². The van der Waals surface area contributed by atoms with Gasteiger partial charge in [-0.15, -0.1) is 0 Å². The van der Waals surface area contributed by atoms with Crippen molar-refractivity contribution in [2.75, 3.05) is 12.8 Å². The molecule has 0 fully saturated rings. The highest BCUT2D eigenvalue weighted by molar-refractivity contribution is 7.89.